The third-order valence-corrected chi connectivity index (χ3v) is 4.27. The van der Waals surface area contributed by atoms with Gasteiger partial charge in [-0.05, 0) is 38.8 Å². The highest BCUT2D eigenvalue weighted by Crippen LogP contribution is 2.30. The van der Waals surface area contributed by atoms with Crippen molar-refractivity contribution in [2.24, 2.45) is 5.10 Å². The zero-order valence-corrected chi connectivity index (χ0v) is 14.5. The van der Waals surface area contributed by atoms with Gasteiger partial charge in [-0.3, -0.25) is 4.79 Å². The lowest BCUT2D eigenvalue weighted by Gasteiger charge is -2.13. The Bertz CT molecular complexity index is 864. The number of hydrazone groups is 1. The summed E-state index contributed by atoms with van der Waals surface area (Å²) < 4.78 is 10.4. The first-order valence-electron chi connectivity index (χ1n) is 8.15. The Labute approximate surface area is 145 Å². The first-order chi connectivity index (χ1) is 12.0. The van der Waals surface area contributed by atoms with Crippen molar-refractivity contribution in [2.45, 2.75) is 33.1 Å². The van der Waals surface area contributed by atoms with Crippen LogP contribution >= 0.6 is 0 Å². The average molecular weight is 340 g/mol. The minimum absolute atomic E-state index is 0.201. The van der Waals surface area contributed by atoms with Crippen molar-refractivity contribution in [1.82, 2.24) is 5.43 Å². The molecule has 0 unspecified atom stereocenters. The van der Waals surface area contributed by atoms with Crippen LogP contribution in [0.2, 0.25) is 0 Å². The molecular weight excluding hydrogens is 320 g/mol. The quantitative estimate of drug-likeness (QED) is 0.687. The van der Waals surface area contributed by atoms with Gasteiger partial charge >= 0.3 is 5.97 Å². The van der Waals surface area contributed by atoms with E-state index in [1.807, 2.05) is 19.1 Å². The first kappa shape index (κ1) is 17.0. The highest BCUT2D eigenvalue weighted by molar-refractivity contribution is 6.06. The van der Waals surface area contributed by atoms with Crippen molar-refractivity contribution in [2.75, 3.05) is 7.11 Å². The summed E-state index contributed by atoms with van der Waals surface area (Å²) in [6.07, 6.45) is 2.29. The highest BCUT2D eigenvalue weighted by atomic mass is 16.5. The highest BCUT2D eigenvalue weighted by Gasteiger charge is 2.28. The topological polar surface area (TPSA) is 80.9 Å². The minimum Gasteiger partial charge on any atom is -0.463 e. The average Bonchev–Trinajstić information content (AvgIpc) is 2.96. The van der Waals surface area contributed by atoms with E-state index in [4.69, 9.17) is 9.15 Å². The van der Waals surface area contributed by atoms with Gasteiger partial charge in [0.2, 0.25) is 5.76 Å². The molecule has 0 fully saturated rings. The van der Waals surface area contributed by atoms with Gasteiger partial charge in [0.25, 0.3) is 5.91 Å². The van der Waals surface area contributed by atoms with Crippen molar-refractivity contribution in [3.05, 3.63) is 58.0 Å². The number of furan rings is 1. The Morgan fingerprint density at radius 2 is 2.04 bits per heavy atom. The van der Waals surface area contributed by atoms with E-state index >= 15 is 0 Å². The van der Waals surface area contributed by atoms with Crippen LogP contribution in [0, 0.1) is 13.8 Å². The third-order valence-electron chi connectivity index (χ3n) is 4.27. The van der Waals surface area contributed by atoms with E-state index in [9.17, 15) is 9.59 Å². The lowest BCUT2D eigenvalue weighted by Crippen LogP contribution is -2.22. The van der Waals surface area contributed by atoms with Crippen LogP contribution in [0.3, 0.4) is 0 Å². The van der Waals surface area contributed by atoms with Gasteiger partial charge in [0.15, 0.2) is 0 Å². The Balaban J connectivity index is 1.87. The van der Waals surface area contributed by atoms with Gasteiger partial charge in [-0.25, -0.2) is 10.2 Å². The van der Waals surface area contributed by atoms with Crippen molar-refractivity contribution >= 4 is 17.6 Å². The number of carbonyl (C=O) groups excluding carboxylic acids is 2. The molecule has 25 heavy (non-hydrogen) atoms. The molecule has 130 valence electrons. The first-order valence-corrected chi connectivity index (χ1v) is 8.15. The van der Waals surface area contributed by atoms with Crippen molar-refractivity contribution in [1.29, 1.82) is 0 Å². The number of benzene rings is 1. The molecule has 1 N–H and O–H groups in total. The van der Waals surface area contributed by atoms with Gasteiger partial charge in [0.05, 0.1) is 12.8 Å². The molecule has 6 heteroatoms. The summed E-state index contributed by atoms with van der Waals surface area (Å²) in [6, 6.07) is 7.31. The molecule has 0 bridgehead atoms. The molecule has 0 radical (unpaired) electrons. The monoisotopic (exact) mass is 340 g/mol. The van der Waals surface area contributed by atoms with Crippen molar-refractivity contribution < 1.29 is 18.7 Å². The second kappa shape index (κ2) is 6.93. The number of nitrogens with one attached hydrogen (secondary N) is 1. The molecule has 0 spiro atoms. The minimum atomic E-state index is -0.505. The van der Waals surface area contributed by atoms with Crippen molar-refractivity contribution in [3.8, 4) is 0 Å². The number of fused-ring (bicyclic) bond motifs is 1. The number of aryl methyl sites for hydroxylation is 2. The fourth-order valence-corrected chi connectivity index (χ4v) is 3.04. The zero-order chi connectivity index (χ0) is 18.0. The Morgan fingerprint density at radius 1 is 1.24 bits per heavy atom. The lowest BCUT2D eigenvalue weighted by atomic mass is 9.93. The molecule has 0 saturated carbocycles. The van der Waals surface area contributed by atoms with E-state index in [2.05, 4.69) is 10.5 Å². The molecule has 1 heterocycles. The number of ether oxygens (including phenoxy) is 1. The molecule has 2 aromatic rings. The van der Waals surface area contributed by atoms with E-state index in [0.717, 1.165) is 29.7 Å². The number of hydrogen-bond acceptors (Lipinski definition) is 5. The van der Waals surface area contributed by atoms with Crippen molar-refractivity contribution in [3.63, 3.8) is 0 Å². The van der Waals surface area contributed by atoms with E-state index in [1.165, 1.54) is 7.11 Å². The maximum absolute atomic E-state index is 12.3. The summed E-state index contributed by atoms with van der Waals surface area (Å²) in [6.45, 7) is 3.73. The Kier molecular flexibility index (Phi) is 4.70. The van der Waals surface area contributed by atoms with E-state index in [-0.39, 0.29) is 11.7 Å². The molecule has 1 aliphatic carbocycles. The summed E-state index contributed by atoms with van der Waals surface area (Å²) in [7, 11) is 1.32. The predicted molar refractivity (Wildman–Crippen MR) is 92.9 cm³/mol. The summed E-state index contributed by atoms with van der Waals surface area (Å²) in [5.74, 6) is 0.146. The van der Waals surface area contributed by atoms with Gasteiger partial charge in [-0.1, -0.05) is 17.7 Å². The second-order valence-corrected chi connectivity index (χ2v) is 6.07. The van der Waals surface area contributed by atoms with Gasteiger partial charge in [0, 0.05) is 23.1 Å². The third kappa shape index (κ3) is 3.33. The van der Waals surface area contributed by atoms with Crippen LogP contribution in [-0.4, -0.2) is 24.7 Å². The van der Waals surface area contributed by atoms with Crippen LogP contribution in [0.1, 0.15) is 56.2 Å². The zero-order valence-electron chi connectivity index (χ0n) is 14.5. The molecule has 1 aromatic carbocycles. The van der Waals surface area contributed by atoms with E-state index in [0.29, 0.717) is 23.3 Å². The van der Waals surface area contributed by atoms with Gasteiger partial charge < -0.3 is 9.15 Å². The maximum Gasteiger partial charge on any atom is 0.374 e. The van der Waals surface area contributed by atoms with Gasteiger partial charge in [-0.2, -0.15) is 5.10 Å². The molecule has 3 rings (SSSR count). The fraction of sp³-hybridized carbons (Fsp3) is 0.316. The van der Waals surface area contributed by atoms with Crippen LogP contribution in [0.15, 0.2) is 33.8 Å². The summed E-state index contributed by atoms with van der Waals surface area (Å²) in [5.41, 5.74) is 6.39. The van der Waals surface area contributed by atoms with E-state index in [1.54, 1.807) is 19.1 Å². The molecule has 0 aliphatic heterocycles. The maximum atomic E-state index is 12.3. The van der Waals surface area contributed by atoms with Gasteiger partial charge in [-0.15, -0.1) is 0 Å². The summed E-state index contributed by atoms with van der Waals surface area (Å²) >= 11 is 0. The number of carbonyl (C=O) groups is 2. The number of amides is 1. The van der Waals surface area contributed by atoms with E-state index < -0.39 is 5.97 Å². The molecular formula is C19H20N2O4. The molecule has 1 aromatic heterocycles. The Hall–Kier alpha value is -2.89. The fourth-order valence-electron chi connectivity index (χ4n) is 3.04. The van der Waals surface area contributed by atoms with Crippen LogP contribution in [0.4, 0.5) is 0 Å². The second-order valence-electron chi connectivity index (χ2n) is 6.07. The number of nitrogens with zero attached hydrogens (tertiary/aromatic N) is 1. The van der Waals surface area contributed by atoms with Crippen LogP contribution in [0.5, 0.6) is 0 Å². The standard InChI is InChI=1S/C19H20N2O4/c1-11-6-4-7-13(10-11)18(22)21-20-14-8-5-9-15-16(14)12(2)17(25-15)19(23)24-3/h4,6-7,10H,5,8-9H2,1-3H3,(H,21,22)/b20-14+. The number of methoxy groups -OCH3 is 1. The number of rotatable bonds is 3. The van der Waals surface area contributed by atoms with Crippen LogP contribution in [-0.2, 0) is 11.2 Å². The number of hydrogen-bond donors (Lipinski definition) is 1. The summed E-state index contributed by atoms with van der Waals surface area (Å²) in [5, 5.41) is 4.29. The predicted octanol–water partition coefficient (Wildman–Crippen LogP) is 3.15. The molecule has 1 amide bonds. The van der Waals surface area contributed by atoms with Gasteiger partial charge in [0.1, 0.15) is 5.76 Å². The molecule has 0 saturated heterocycles. The van der Waals surface area contributed by atoms with Crippen LogP contribution < -0.4 is 5.43 Å². The van der Waals surface area contributed by atoms with Crippen LogP contribution in [0.25, 0.3) is 0 Å². The molecule has 6 nitrogen and oxygen atoms in total. The Morgan fingerprint density at radius 3 is 2.76 bits per heavy atom. The lowest BCUT2D eigenvalue weighted by molar-refractivity contribution is 0.0561. The largest absolute Gasteiger partial charge is 0.463 e. The molecule has 1 aliphatic rings. The smallest absolute Gasteiger partial charge is 0.374 e. The SMILES string of the molecule is COC(=O)c1oc2c(c1C)/C(=N/NC(=O)c1cccc(C)c1)CCC2. The summed E-state index contributed by atoms with van der Waals surface area (Å²) in [4.78, 5) is 24.1. The normalized spacial score (nSPS) is 14.9. The number of esters is 1. The molecule has 0 atom stereocenters.